The molecule has 2 aromatic heterocycles. The number of thioether (sulfide) groups is 1. The fraction of sp³-hybridized carbons (Fsp3) is 0.500. The predicted octanol–water partition coefficient (Wildman–Crippen LogP) is 2.71. The SMILES string of the molecule is CCCc1nc(CSc2nc(C)c(CC(=O)O)s2)no1. The van der Waals surface area contributed by atoms with Crippen molar-refractivity contribution in [2.45, 2.75) is 43.2 Å². The quantitative estimate of drug-likeness (QED) is 0.786. The number of hydrogen-bond acceptors (Lipinski definition) is 7. The highest BCUT2D eigenvalue weighted by molar-refractivity contribution is 8.00. The molecule has 0 saturated heterocycles. The van der Waals surface area contributed by atoms with Crippen molar-refractivity contribution >= 4 is 29.1 Å². The summed E-state index contributed by atoms with van der Waals surface area (Å²) in [6.07, 6.45) is 1.78. The number of rotatable bonds is 7. The van der Waals surface area contributed by atoms with Gasteiger partial charge in [0, 0.05) is 11.3 Å². The van der Waals surface area contributed by atoms with Gasteiger partial charge in [0.1, 0.15) is 0 Å². The molecule has 108 valence electrons. The van der Waals surface area contributed by atoms with Crippen LogP contribution >= 0.6 is 23.1 Å². The lowest BCUT2D eigenvalue weighted by atomic mass is 10.3. The summed E-state index contributed by atoms with van der Waals surface area (Å²) in [5, 5.41) is 12.7. The molecule has 2 rings (SSSR count). The third-order valence-corrected chi connectivity index (χ3v) is 4.78. The van der Waals surface area contributed by atoms with Gasteiger partial charge >= 0.3 is 5.97 Å². The van der Waals surface area contributed by atoms with Crippen molar-refractivity contribution in [2.24, 2.45) is 0 Å². The number of carboxylic acid groups (broad SMARTS) is 1. The molecule has 0 aliphatic carbocycles. The van der Waals surface area contributed by atoms with Gasteiger partial charge in [0.2, 0.25) is 5.89 Å². The van der Waals surface area contributed by atoms with E-state index in [2.05, 4.69) is 22.0 Å². The Morgan fingerprint density at radius 1 is 1.45 bits per heavy atom. The maximum absolute atomic E-state index is 10.7. The van der Waals surface area contributed by atoms with E-state index in [1.54, 1.807) is 0 Å². The molecule has 0 amide bonds. The number of nitrogens with zero attached hydrogens (tertiary/aromatic N) is 3. The number of carboxylic acids is 1. The summed E-state index contributed by atoms with van der Waals surface area (Å²) in [5.74, 6) is 1.04. The Labute approximate surface area is 124 Å². The molecule has 0 radical (unpaired) electrons. The van der Waals surface area contributed by atoms with Crippen molar-refractivity contribution in [1.82, 2.24) is 15.1 Å². The highest BCUT2D eigenvalue weighted by Crippen LogP contribution is 2.29. The predicted molar refractivity (Wildman–Crippen MR) is 76.0 cm³/mol. The Bertz CT molecular complexity index is 595. The van der Waals surface area contributed by atoms with Crippen LogP contribution in [0.2, 0.25) is 0 Å². The summed E-state index contributed by atoms with van der Waals surface area (Å²) in [7, 11) is 0. The molecule has 0 aliphatic rings. The van der Waals surface area contributed by atoms with E-state index in [-0.39, 0.29) is 6.42 Å². The monoisotopic (exact) mass is 313 g/mol. The lowest BCUT2D eigenvalue weighted by molar-refractivity contribution is -0.136. The lowest BCUT2D eigenvalue weighted by Crippen LogP contribution is -1.99. The molecule has 0 spiro atoms. The minimum absolute atomic E-state index is 0.0208. The first-order chi connectivity index (χ1) is 9.58. The average molecular weight is 313 g/mol. The topological polar surface area (TPSA) is 89.1 Å². The van der Waals surface area contributed by atoms with Crippen LogP contribution in [0.1, 0.15) is 35.6 Å². The molecular weight excluding hydrogens is 298 g/mol. The van der Waals surface area contributed by atoms with Crippen molar-refractivity contribution in [2.75, 3.05) is 0 Å². The molecule has 0 aliphatic heterocycles. The van der Waals surface area contributed by atoms with Crippen LogP contribution in [-0.2, 0) is 23.4 Å². The summed E-state index contributed by atoms with van der Waals surface area (Å²) >= 11 is 2.91. The zero-order valence-corrected chi connectivity index (χ0v) is 12.9. The van der Waals surface area contributed by atoms with Crippen molar-refractivity contribution in [3.8, 4) is 0 Å². The molecule has 20 heavy (non-hydrogen) atoms. The fourth-order valence-corrected chi connectivity index (χ4v) is 3.62. The molecule has 2 heterocycles. The van der Waals surface area contributed by atoms with E-state index in [4.69, 9.17) is 9.63 Å². The molecule has 8 heteroatoms. The zero-order chi connectivity index (χ0) is 14.5. The van der Waals surface area contributed by atoms with Crippen LogP contribution in [0.3, 0.4) is 0 Å². The van der Waals surface area contributed by atoms with Gasteiger partial charge < -0.3 is 9.63 Å². The minimum atomic E-state index is -0.837. The van der Waals surface area contributed by atoms with Crippen molar-refractivity contribution in [3.05, 3.63) is 22.3 Å². The normalized spacial score (nSPS) is 10.9. The number of thiazole rings is 1. The number of hydrogen-bond donors (Lipinski definition) is 1. The summed E-state index contributed by atoms with van der Waals surface area (Å²) in [4.78, 5) is 20.1. The summed E-state index contributed by atoms with van der Waals surface area (Å²) < 4.78 is 5.94. The molecule has 0 atom stereocenters. The maximum atomic E-state index is 10.7. The maximum Gasteiger partial charge on any atom is 0.308 e. The van der Waals surface area contributed by atoms with Crippen LogP contribution in [0, 0.1) is 6.92 Å². The third kappa shape index (κ3) is 4.04. The first kappa shape index (κ1) is 15.0. The van der Waals surface area contributed by atoms with E-state index in [0.717, 1.165) is 27.8 Å². The first-order valence-corrected chi connectivity index (χ1v) is 8.01. The molecule has 2 aromatic rings. The van der Waals surface area contributed by atoms with Crippen LogP contribution < -0.4 is 0 Å². The Hall–Kier alpha value is -1.41. The second-order valence-corrected chi connectivity index (χ2v) is 6.51. The van der Waals surface area contributed by atoms with Gasteiger partial charge in [0.25, 0.3) is 0 Å². The van der Waals surface area contributed by atoms with E-state index < -0.39 is 5.97 Å². The smallest absolute Gasteiger partial charge is 0.308 e. The van der Waals surface area contributed by atoms with E-state index in [9.17, 15) is 4.79 Å². The van der Waals surface area contributed by atoms with E-state index in [1.165, 1.54) is 23.1 Å². The van der Waals surface area contributed by atoms with Crippen LogP contribution in [-0.4, -0.2) is 26.2 Å². The molecular formula is C12H15N3O3S2. The summed E-state index contributed by atoms with van der Waals surface area (Å²) in [6, 6.07) is 0. The largest absolute Gasteiger partial charge is 0.481 e. The number of aryl methyl sites for hydroxylation is 2. The standard InChI is InChI=1S/C12H15N3O3S2/c1-3-4-10-14-9(15-18-10)6-19-12-13-7(2)8(20-12)5-11(16)17/h3-6H2,1-2H3,(H,16,17). The van der Waals surface area contributed by atoms with Crippen molar-refractivity contribution < 1.29 is 14.4 Å². The summed E-state index contributed by atoms with van der Waals surface area (Å²) in [5.41, 5.74) is 0.777. The number of aromatic nitrogens is 3. The Balaban J connectivity index is 1.94. The van der Waals surface area contributed by atoms with E-state index in [0.29, 0.717) is 17.5 Å². The fourth-order valence-electron chi connectivity index (χ4n) is 1.55. The van der Waals surface area contributed by atoms with Gasteiger partial charge in [-0.2, -0.15) is 4.98 Å². The van der Waals surface area contributed by atoms with E-state index >= 15 is 0 Å². The molecule has 0 fully saturated rings. The van der Waals surface area contributed by atoms with Crippen molar-refractivity contribution in [1.29, 1.82) is 0 Å². The highest BCUT2D eigenvalue weighted by atomic mass is 32.2. The molecule has 0 saturated carbocycles. The number of aliphatic carboxylic acids is 1. The first-order valence-electron chi connectivity index (χ1n) is 6.20. The molecule has 0 unspecified atom stereocenters. The van der Waals surface area contributed by atoms with Gasteiger partial charge in [-0.05, 0) is 13.3 Å². The van der Waals surface area contributed by atoms with Crippen LogP contribution in [0.15, 0.2) is 8.86 Å². The van der Waals surface area contributed by atoms with Gasteiger partial charge in [-0.1, -0.05) is 23.8 Å². The van der Waals surface area contributed by atoms with Crippen molar-refractivity contribution in [3.63, 3.8) is 0 Å². The van der Waals surface area contributed by atoms with Gasteiger partial charge in [-0.25, -0.2) is 4.98 Å². The van der Waals surface area contributed by atoms with Crippen LogP contribution in [0.25, 0.3) is 0 Å². The van der Waals surface area contributed by atoms with Gasteiger partial charge in [-0.15, -0.1) is 11.3 Å². The van der Waals surface area contributed by atoms with Crippen LogP contribution in [0.4, 0.5) is 0 Å². The third-order valence-electron chi connectivity index (χ3n) is 2.48. The second kappa shape index (κ2) is 6.85. The summed E-state index contributed by atoms with van der Waals surface area (Å²) in [6.45, 7) is 3.88. The molecule has 0 bridgehead atoms. The lowest BCUT2D eigenvalue weighted by Gasteiger charge is -1.91. The van der Waals surface area contributed by atoms with E-state index in [1.807, 2.05) is 6.92 Å². The minimum Gasteiger partial charge on any atom is -0.481 e. The van der Waals surface area contributed by atoms with Gasteiger partial charge in [-0.3, -0.25) is 4.79 Å². The highest BCUT2D eigenvalue weighted by Gasteiger charge is 2.13. The number of carbonyl (C=O) groups is 1. The molecule has 0 aromatic carbocycles. The molecule has 6 nitrogen and oxygen atoms in total. The average Bonchev–Trinajstić information content (AvgIpc) is 2.95. The Kier molecular flexibility index (Phi) is 5.13. The Morgan fingerprint density at radius 2 is 2.25 bits per heavy atom. The zero-order valence-electron chi connectivity index (χ0n) is 11.3. The van der Waals surface area contributed by atoms with Crippen LogP contribution in [0.5, 0.6) is 0 Å². The molecule has 1 N–H and O–H groups in total. The van der Waals surface area contributed by atoms with Gasteiger partial charge in [0.05, 0.1) is 17.9 Å². The second-order valence-electron chi connectivity index (χ2n) is 4.20. The Morgan fingerprint density at radius 3 is 2.95 bits per heavy atom. The van der Waals surface area contributed by atoms with Gasteiger partial charge in [0.15, 0.2) is 10.2 Å².